The van der Waals surface area contributed by atoms with Gasteiger partial charge in [-0.15, -0.1) is 11.3 Å². The molecule has 8 nitrogen and oxygen atoms in total. The molecule has 2 fully saturated rings. The smallest absolute Gasteiger partial charge is 0.263 e. The molecule has 2 N–H and O–H groups in total. The van der Waals surface area contributed by atoms with Crippen molar-refractivity contribution in [1.82, 2.24) is 25.4 Å². The maximum absolute atomic E-state index is 13.9. The van der Waals surface area contributed by atoms with Crippen molar-refractivity contribution < 1.29 is 14.4 Å². The van der Waals surface area contributed by atoms with Crippen LogP contribution < -0.4 is 10.6 Å². The molecule has 4 heterocycles. The van der Waals surface area contributed by atoms with Gasteiger partial charge in [-0.3, -0.25) is 19.4 Å². The lowest BCUT2D eigenvalue weighted by Gasteiger charge is -2.40. The maximum atomic E-state index is 13.9. The summed E-state index contributed by atoms with van der Waals surface area (Å²) in [5.41, 5.74) is 0.104. The molecule has 2 aliphatic rings. The minimum atomic E-state index is -0.988. The van der Waals surface area contributed by atoms with E-state index in [0.29, 0.717) is 74.5 Å². The Morgan fingerprint density at radius 3 is 2.68 bits per heavy atom. The van der Waals surface area contributed by atoms with Gasteiger partial charge in [0.2, 0.25) is 5.91 Å². The van der Waals surface area contributed by atoms with Crippen molar-refractivity contribution in [1.29, 1.82) is 0 Å². The first-order valence-electron chi connectivity index (χ1n) is 13.1. The van der Waals surface area contributed by atoms with E-state index in [1.54, 1.807) is 12.3 Å². The van der Waals surface area contributed by atoms with Gasteiger partial charge in [-0.1, -0.05) is 31.3 Å². The molecular formula is C28H35N5O3S. The minimum Gasteiger partial charge on any atom is -0.339 e. The molecule has 37 heavy (non-hydrogen) atoms. The van der Waals surface area contributed by atoms with E-state index in [1.165, 1.54) is 17.5 Å². The lowest BCUT2D eigenvalue weighted by molar-refractivity contribution is -0.139. The molecule has 2 aromatic heterocycles. The number of piperidine rings is 1. The van der Waals surface area contributed by atoms with Crippen molar-refractivity contribution in [3.63, 3.8) is 0 Å². The number of amides is 3. The van der Waals surface area contributed by atoms with Crippen LogP contribution in [0.3, 0.4) is 0 Å². The van der Waals surface area contributed by atoms with Crippen LogP contribution in [0.15, 0.2) is 36.0 Å². The number of hydrogen-bond donors (Lipinski definition) is 2. The fourth-order valence-electron chi connectivity index (χ4n) is 4.78. The standard InChI is InChI=1S/C28H35N5O3S/c1-2-3-4-5-8-22-19-23(21-30-20-22)25(34)31-28(10-12-29-13-11-28)27(36)33-15-7-14-32(16-17-33)26(35)24-9-6-18-37-24/h6,9,18-21,29H,2-4,7,10-17H2,1H3,(H,31,34). The van der Waals surface area contributed by atoms with Crippen LogP contribution in [0, 0.1) is 11.8 Å². The number of nitrogens with one attached hydrogen (secondary N) is 2. The zero-order chi connectivity index (χ0) is 26.1. The third-order valence-electron chi connectivity index (χ3n) is 6.91. The maximum Gasteiger partial charge on any atom is 0.263 e. The number of pyridine rings is 1. The van der Waals surface area contributed by atoms with Crippen LogP contribution in [-0.2, 0) is 4.79 Å². The first-order valence-corrected chi connectivity index (χ1v) is 14.0. The van der Waals surface area contributed by atoms with Crippen LogP contribution in [0.1, 0.15) is 71.0 Å². The molecule has 4 rings (SSSR count). The number of nitrogens with zero attached hydrogens (tertiary/aromatic N) is 3. The van der Waals surface area contributed by atoms with Gasteiger partial charge in [-0.2, -0.15) is 0 Å². The van der Waals surface area contributed by atoms with E-state index in [-0.39, 0.29) is 17.7 Å². The predicted octanol–water partition coefficient (Wildman–Crippen LogP) is 2.91. The molecule has 9 heteroatoms. The number of carbonyl (C=O) groups is 3. The first kappa shape index (κ1) is 26.8. The van der Waals surface area contributed by atoms with Gasteiger partial charge >= 0.3 is 0 Å². The summed E-state index contributed by atoms with van der Waals surface area (Å²) < 4.78 is 0. The van der Waals surface area contributed by atoms with Crippen LogP contribution in [-0.4, -0.2) is 77.3 Å². The van der Waals surface area contributed by atoms with Gasteiger partial charge < -0.3 is 20.4 Å². The molecule has 0 radical (unpaired) electrons. The fraction of sp³-hybridized carbons (Fsp3) is 0.500. The van der Waals surface area contributed by atoms with Gasteiger partial charge in [0.15, 0.2) is 0 Å². The molecule has 0 aromatic carbocycles. The average Bonchev–Trinajstić information content (AvgIpc) is 3.36. The molecular weight excluding hydrogens is 486 g/mol. The summed E-state index contributed by atoms with van der Waals surface area (Å²) in [7, 11) is 0. The Kier molecular flexibility index (Phi) is 9.31. The Morgan fingerprint density at radius 2 is 1.92 bits per heavy atom. The quantitative estimate of drug-likeness (QED) is 0.450. The molecule has 2 saturated heterocycles. The molecule has 0 saturated carbocycles. The third-order valence-corrected chi connectivity index (χ3v) is 7.77. The minimum absolute atomic E-state index is 0.0133. The second-order valence-corrected chi connectivity index (χ2v) is 10.5. The van der Waals surface area contributed by atoms with Crippen molar-refractivity contribution in [2.24, 2.45) is 0 Å². The highest BCUT2D eigenvalue weighted by Gasteiger charge is 2.44. The number of thiophene rings is 1. The Morgan fingerprint density at radius 1 is 1.14 bits per heavy atom. The third kappa shape index (κ3) is 6.76. The van der Waals surface area contributed by atoms with Crippen molar-refractivity contribution in [2.45, 2.75) is 51.0 Å². The van der Waals surface area contributed by atoms with E-state index in [9.17, 15) is 14.4 Å². The van der Waals surface area contributed by atoms with E-state index in [4.69, 9.17) is 0 Å². The summed E-state index contributed by atoms with van der Waals surface area (Å²) in [6, 6.07) is 5.45. The molecule has 0 aliphatic carbocycles. The fourth-order valence-corrected chi connectivity index (χ4v) is 5.47. The molecule has 3 amide bonds. The summed E-state index contributed by atoms with van der Waals surface area (Å²) in [5.74, 6) is 5.84. The van der Waals surface area contributed by atoms with Gasteiger partial charge in [-0.05, 0) is 56.3 Å². The highest BCUT2D eigenvalue weighted by molar-refractivity contribution is 7.12. The Balaban J connectivity index is 1.45. The Labute approximate surface area is 222 Å². The summed E-state index contributed by atoms with van der Waals surface area (Å²) in [5, 5.41) is 8.28. The van der Waals surface area contributed by atoms with Gasteiger partial charge in [-0.25, -0.2) is 0 Å². The van der Waals surface area contributed by atoms with Crippen molar-refractivity contribution >= 4 is 29.1 Å². The number of hydrogen-bond acceptors (Lipinski definition) is 6. The van der Waals surface area contributed by atoms with Gasteiger partial charge in [0.05, 0.1) is 10.4 Å². The van der Waals surface area contributed by atoms with E-state index >= 15 is 0 Å². The van der Waals surface area contributed by atoms with E-state index < -0.39 is 5.54 Å². The first-order chi connectivity index (χ1) is 18.0. The number of unbranched alkanes of at least 4 members (excludes halogenated alkanes) is 2. The molecule has 0 bridgehead atoms. The Hall–Kier alpha value is -3.22. The van der Waals surface area contributed by atoms with Crippen LogP contribution in [0.25, 0.3) is 0 Å². The van der Waals surface area contributed by atoms with E-state index in [2.05, 4.69) is 34.4 Å². The lowest BCUT2D eigenvalue weighted by atomic mass is 9.86. The monoisotopic (exact) mass is 521 g/mol. The van der Waals surface area contributed by atoms with Crippen molar-refractivity contribution in [3.8, 4) is 11.8 Å². The van der Waals surface area contributed by atoms with Crippen LogP contribution >= 0.6 is 11.3 Å². The zero-order valence-electron chi connectivity index (χ0n) is 21.4. The summed E-state index contributed by atoms with van der Waals surface area (Å²) >= 11 is 1.43. The largest absolute Gasteiger partial charge is 0.339 e. The molecule has 2 aliphatic heterocycles. The number of rotatable bonds is 6. The topological polar surface area (TPSA) is 94.6 Å². The average molecular weight is 522 g/mol. The molecule has 0 atom stereocenters. The van der Waals surface area contributed by atoms with Crippen LogP contribution in [0.5, 0.6) is 0 Å². The highest BCUT2D eigenvalue weighted by atomic mass is 32.1. The van der Waals surface area contributed by atoms with Gasteiger partial charge in [0.1, 0.15) is 5.54 Å². The zero-order valence-corrected chi connectivity index (χ0v) is 22.2. The van der Waals surface area contributed by atoms with Gasteiger partial charge in [0.25, 0.3) is 11.8 Å². The van der Waals surface area contributed by atoms with E-state index in [1.807, 2.05) is 27.3 Å². The highest BCUT2D eigenvalue weighted by Crippen LogP contribution is 2.24. The molecule has 0 spiro atoms. The van der Waals surface area contributed by atoms with Crippen LogP contribution in [0.2, 0.25) is 0 Å². The second-order valence-electron chi connectivity index (χ2n) is 9.57. The van der Waals surface area contributed by atoms with Crippen molar-refractivity contribution in [3.05, 3.63) is 52.0 Å². The number of carbonyl (C=O) groups excluding carboxylic acids is 3. The molecule has 0 unspecified atom stereocenters. The second kappa shape index (κ2) is 12.8. The number of aromatic nitrogens is 1. The van der Waals surface area contributed by atoms with Gasteiger partial charge in [0, 0.05) is 50.6 Å². The Bertz CT molecular complexity index is 1150. The van der Waals surface area contributed by atoms with Crippen LogP contribution in [0.4, 0.5) is 0 Å². The molecule has 2 aromatic rings. The predicted molar refractivity (Wildman–Crippen MR) is 144 cm³/mol. The summed E-state index contributed by atoms with van der Waals surface area (Å²) in [6.45, 7) is 5.51. The molecule has 196 valence electrons. The normalized spacial score (nSPS) is 17.3. The lowest BCUT2D eigenvalue weighted by Crippen LogP contribution is -2.63. The summed E-state index contributed by atoms with van der Waals surface area (Å²) in [6.07, 6.45) is 7.83. The SMILES string of the molecule is CCCCC#Cc1cncc(C(=O)NC2(C(=O)N3CCCN(C(=O)c4cccs4)CC3)CCNCC2)c1. The summed E-state index contributed by atoms with van der Waals surface area (Å²) in [4.78, 5) is 48.6. The van der Waals surface area contributed by atoms with Crippen molar-refractivity contribution in [2.75, 3.05) is 39.3 Å². The van der Waals surface area contributed by atoms with E-state index in [0.717, 1.165) is 19.3 Å².